The summed E-state index contributed by atoms with van der Waals surface area (Å²) in [4.78, 5) is 0. The minimum atomic E-state index is 0.839. The van der Waals surface area contributed by atoms with Gasteiger partial charge in [0.2, 0.25) is 0 Å². The number of unbranched alkanes of at least 4 members (excludes halogenated alkanes) is 4. The van der Waals surface area contributed by atoms with E-state index in [0.717, 1.165) is 29.9 Å². The van der Waals surface area contributed by atoms with Crippen molar-refractivity contribution in [2.75, 3.05) is 13.7 Å². The zero-order valence-corrected chi connectivity index (χ0v) is 16.5. The number of benzene rings is 1. The zero-order chi connectivity index (χ0) is 17.7. The van der Waals surface area contributed by atoms with E-state index in [1.807, 2.05) is 24.3 Å². The molecule has 25 heavy (non-hydrogen) atoms. The molecule has 0 amide bonds. The van der Waals surface area contributed by atoms with Crippen LogP contribution < -0.4 is 9.47 Å². The number of methoxy groups -OCH3 is 1. The molecule has 2 nitrogen and oxygen atoms in total. The van der Waals surface area contributed by atoms with Crippen LogP contribution in [-0.2, 0) is 0 Å². The van der Waals surface area contributed by atoms with Crippen molar-refractivity contribution in [1.82, 2.24) is 0 Å². The number of hydrogen-bond donors (Lipinski definition) is 0. The van der Waals surface area contributed by atoms with Crippen molar-refractivity contribution < 1.29 is 9.47 Å². The van der Waals surface area contributed by atoms with Gasteiger partial charge in [-0.15, -0.1) is 0 Å². The molecule has 0 saturated heterocycles. The van der Waals surface area contributed by atoms with Crippen LogP contribution in [0.4, 0.5) is 0 Å². The van der Waals surface area contributed by atoms with Gasteiger partial charge in [-0.3, -0.25) is 0 Å². The van der Waals surface area contributed by atoms with Gasteiger partial charge in [-0.05, 0) is 48.9 Å². The molecule has 0 spiro atoms. The van der Waals surface area contributed by atoms with Gasteiger partial charge in [-0.1, -0.05) is 71.1 Å². The Labute approximate surface area is 155 Å². The fourth-order valence-corrected chi connectivity index (χ4v) is 4.26. The molecule has 0 aromatic heterocycles. The molecule has 1 aromatic carbocycles. The Kier molecular flexibility index (Phi) is 9.84. The lowest BCUT2D eigenvalue weighted by atomic mass is 9.74. The Morgan fingerprint density at radius 1 is 0.800 bits per heavy atom. The van der Waals surface area contributed by atoms with Crippen LogP contribution in [0.1, 0.15) is 84.0 Å². The second-order valence-corrected chi connectivity index (χ2v) is 7.67. The molecule has 0 radical (unpaired) electrons. The van der Waals surface area contributed by atoms with Crippen molar-refractivity contribution in [3.63, 3.8) is 0 Å². The van der Waals surface area contributed by atoms with Crippen molar-refractivity contribution in [1.29, 1.82) is 0 Å². The summed E-state index contributed by atoms with van der Waals surface area (Å²) in [5, 5.41) is 0. The van der Waals surface area contributed by atoms with Crippen molar-refractivity contribution in [3.8, 4) is 11.5 Å². The summed E-state index contributed by atoms with van der Waals surface area (Å²) >= 11 is 0. The first-order chi connectivity index (χ1) is 12.3. The molecular formula is C23H38O2. The smallest absolute Gasteiger partial charge is 0.119 e. The second-order valence-electron chi connectivity index (χ2n) is 7.67. The molecular weight excluding hydrogens is 308 g/mol. The molecule has 1 saturated carbocycles. The first kappa shape index (κ1) is 20.1. The van der Waals surface area contributed by atoms with E-state index < -0.39 is 0 Å². The lowest BCUT2D eigenvalue weighted by Crippen LogP contribution is -2.20. The summed E-state index contributed by atoms with van der Waals surface area (Å²) in [5.41, 5.74) is 0. The van der Waals surface area contributed by atoms with Crippen molar-refractivity contribution in [2.45, 2.75) is 84.0 Å². The van der Waals surface area contributed by atoms with Crippen LogP contribution in [0.25, 0.3) is 0 Å². The summed E-state index contributed by atoms with van der Waals surface area (Å²) in [6.45, 7) is 3.14. The van der Waals surface area contributed by atoms with Crippen LogP contribution in [0, 0.1) is 11.8 Å². The molecule has 0 N–H and O–H groups in total. The highest BCUT2D eigenvalue weighted by atomic mass is 16.5. The summed E-state index contributed by atoms with van der Waals surface area (Å²) in [6.07, 6.45) is 16.9. The monoisotopic (exact) mass is 346 g/mol. The van der Waals surface area contributed by atoms with Crippen molar-refractivity contribution in [3.05, 3.63) is 24.3 Å². The van der Waals surface area contributed by atoms with Crippen LogP contribution in [0.5, 0.6) is 11.5 Å². The molecule has 142 valence electrons. The largest absolute Gasteiger partial charge is 0.497 e. The van der Waals surface area contributed by atoms with Gasteiger partial charge in [0, 0.05) is 0 Å². The highest BCUT2D eigenvalue weighted by Crippen LogP contribution is 2.36. The van der Waals surface area contributed by atoms with E-state index in [1.165, 1.54) is 77.0 Å². The van der Waals surface area contributed by atoms with E-state index in [2.05, 4.69) is 6.92 Å². The predicted molar refractivity (Wildman–Crippen MR) is 107 cm³/mol. The Balaban J connectivity index is 1.62. The lowest BCUT2D eigenvalue weighted by molar-refractivity contribution is 0.190. The van der Waals surface area contributed by atoms with Gasteiger partial charge in [-0.2, -0.15) is 0 Å². The van der Waals surface area contributed by atoms with E-state index in [4.69, 9.17) is 9.47 Å². The summed E-state index contributed by atoms with van der Waals surface area (Å²) in [5.74, 6) is 3.77. The van der Waals surface area contributed by atoms with Gasteiger partial charge in [0.15, 0.2) is 0 Å². The first-order valence-electron chi connectivity index (χ1n) is 10.6. The maximum Gasteiger partial charge on any atom is 0.119 e. The average Bonchev–Trinajstić information content (AvgIpc) is 2.66. The van der Waals surface area contributed by atoms with Gasteiger partial charge in [0.25, 0.3) is 0 Å². The minimum Gasteiger partial charge on any atom is -0.497 e. The lowest BCUT2D eigenvalue weighted by Gasteiger charge is -2.31. The molecule has 0 aliphatic heterocycles. The third kappa shape index (κ3) is 7.71. The summed E-state index contributed by atoms with van der Waals surface area (Å²) in [7, 11) is 1.69. The highest BCUT2D eigenvalue weighted by molar-refractivity contribution is 5.31. The molecule has 1 fully saturated rings. The number of ether oxygens (including phenoxy) is 2. The van der Waals surface area contributed by atoms with Crippen LogP contribution in [0.2, 0.25) is 0 Å². The quantitative estimate of drug-likeness (QED) is 0.378. The Morgan fingerprint density at radius 2 is 1.40 bits per heavy atom. The van der Waals surface area contributed by atoms with E-state index in [1.54, 1.807) is 7.11 Å². The average molecular weight is 347 g/mol. The molecule has 2 unspecified atom stereocenters. The van der Waals surface area contributed by atoms with Crippen LogP contribution in [0.15, 0.2) is 24.3 Å². The molecule has 1 aliphatic carbocycles. The predicted octanol–water partition coefficient (Wildman–Crippen LogP) is 7.02. The second kappa shape index (κ2) is 12.2. The number of rotatable bonds is 12. The van der Waals surface area contributed by atoms with Gasteiger partial charge in [0.05, 0.1) is 13.7 Å². The Morgan fingerprint density at radius 3 is 2.04 bits per heavy atom. The maximum atomic E-state index is 5.90. The van der Waals surface area contributed by atoms with Gasteiger partial charge >= 0.3 is 0 Å². The molecule has 0 bridgehead atoms. The fraction of sp³-hybridized carbons (Fsp3) is 0.739. The minimum absolute atomic E-state index is 0.839. The third-order valence-electron chi connectivity index (χ3n) is 5.79. The van der Waals surface area contributed by atoms with E-state index in [0.29, 0.717) is 0 Å². The van der Waals surface area contributed by atoms with E-state index >= 15 is 0 Å². The topological polar surface area (TPSA) is 18.5 Å². The van der Waals surface area contributed by atoms with E-state index in [-0.39, 0.29) is 0 Å². The molecule has 2 atom stereocenters. The van der Waals surface area contributed by atoms with Gasteiger partial charge in [0.1, 0.15) is 11.5 Å². The Hall–Kier alpha value is -1.18. The van der Waals surface area contributed by atoms with Crippen LogP contribution in [-0.4, -0.2) is 13.7 Å². The third-order valence-corrected chi connectivity index (χ3v) is 5.79. The maximum absolute atomic E-state index is 5.90. The van der Waals surface area contributed by atoms with Crippen molar-refractivity contribution in [2.24, 2.45) is 11.8 Å². The summed E-state index contributed by atoms with van der Waals surface area (Å²) < 4.78 is 11.1. The van der Waals surface area contributed by atoms with Gasteiger partial charge < -0.3 is 9.47 Å². The van der Waals surface area contributed by atoms with Crippen LogP contribution in [0.3, 0.4) is 0 Å². The van der Waals surface area contributed by atoms with Gasteiger partial charge in [-0.25, -0.2) is 0 Å². The fourth-order valence-electron chi connectivity index (χ4n) is 4.26. The summed E-state index contributed by atoms with van der Waals surface area (Å²) in [6, 6.07) is 7.92. The molecule has 2 heteroatoms. The zero-order valence-electron chi connectivity index (χ0n) is 16.5. The Bertz CT molecular complexity index is 440. The molecule has 1 aliphatic rings. The van der Waals surface area contributed by atoms with E-state index in [9.17, 15) is 0 Å². The molecule has 2 rings (SSSR count). The number of hydrogen-bond acceptors (Lipinski definition) is 2. The highest BCUT2D eigenvalue weighted by Gasteiger charge is 2.24. The van der Waals surface area contributed by atoms with Crippen molar-refractivity contribution >= 4 is 0 Å². The van der Waals surface area contributed by atoms with Crippen LogP contribution >= 0.6 is 0 Å². The normalized spacial score (nSPS) is 20.4. The SMILES string of the molecule is CCCCCCCC1CCCCC1CCCOc1ccc(OC)cc1. The molecule has 1 aromatic rings. The molecule has 0 heterocycles. The standard InChI is InChI=1S/C23H38O2/c1-3-4-5-6-7-11-20-12-8-9-13-21(20)14-10-19-25-23-17-15-22(24-2)16-18-23/h15-18,20-21H,3-14,19H2,1-2H3. The first-order valence-corrected chi connectivity index (χ1v) is 10.6.